The van der Waals surface area contributed by atoms with Crippen molar-refractivity contribution >= 4 is 39.2 Å². The maximum atomic E-state index is 12.6. The van der Waals surface area contributed by atoms with E-state index in [4.69, 9.17) is 16.0 Å². The predicted molar refractivity (Wildman–Crippen MR) is 71.1 cm³/mol. The summed E-state index contributed by atoms with van der Waals surface area (Å²) < 4.78 is 43.5. The molecule has 0 fully saturated rings. The molecule has 0 bridgehead atoms. The van der Waals surface area contributed by atoms with Crippen LogP contribution in [0.25, 0.3) is 0 Å². The minimum Gasteiger partial charge on any atom is -0.408 e. The minimum absolute atomic E-state index is 0.00476. The van der Waals surface area contributed by atoms with Gasteiger partial charge in [0.1, 0.15) is 0 Å². The van der Waals surface area contributed by atoms with Gasteiger partial charge in [0.15, 0.2) is 0 Å². The molecule has 108 valence electrons. The SMILES string of the molecule is FC(F)(F)c1ccc(Br)c(Nc2nnc(CCCl)o2)c1. The normalized spacial score (nSPS) is 11.7. The fourth-order valence-electron chi connectivity index (χ4n) is 1.40. The van der Waals surface area contributed by atoms with Crippen LogP contribution in [0, 0.1) is 0 Å². The van der Waals surface area contributed by atoms with Crippen LogP contribution in [0.15, 0.2) is 27.1 Å². The number of hydrogen-bond acceptors (Lipinski definition) is 4. The second-order valence-electron chi connectivity index (χ2n) is 3.76. The monoisotopic (exact) mass is 369 g/mol. The van der Waals surface area contributed by atoms with Crippen LogP contribution in [0.2, 0.25) is 0 Å². The molecular formula is C11H8BrClF3N3O. The molecule has 2 aromatic rings. The summed E-state index contributed by atoms with van der Waals surface area (Å²) in [4.78, 5) is 0. The minimum atomic E-state index is -4.42. The molecule has 0 spiro atoms. The van der Waals surface area contributed by atoms with E-state index in [1.807, 2.05) is 0 Å². The zero-order valence-corrected chi connectivity index (χ0v) is 12.2. The van der Waals surface area contributed by atoms with Crippen molar-refractivity contribution in [3.8, 4) is 0 Å². The van der Waals surface area contributed by atoms with Gasteiger partial charge in [-0.05, 0) is 34.1 Å². The first-order valence-corrected chi connectivity index (χ1v) is 6.75. The standard InChI is InChI=1S/C11H8BrClF3N3O/c12-7-2-1-6(11(14,15)16)5-8(7)17-10-19-18-9(20-10)3-4-13/h1-2,5H,3-4H2,(H,17,19). The lowest BCUT2D eigenvalue weighted by Crippen LogP contribution is -2.05. The Morgan fingerprint density at radius 3 is 2.70 bits per heavy atom. The van der Waals surface area contributed by atoms with Crippen LogP contribution in [0.4, 0.5) is 24.9 Å². The van der Waals surface area contributed by atoms with E-state index in [0.717, 1.165) is 12.1 Å². The number of rotatable bonds is 4. The van der Waals surface area contributed by atoms with E-state index in [9.17, 15) is 13.2 Å². The molecule has 1 heterocycles. The van der Waals surface area contributed by atoms with Crippen LogP contribution < -0.4 is 5.32 Å². The summed E-state index contributed by atoms with van der Waals surface area (Å²) in [6.07, 6.45) is -4.03. The quantitative estimate of drug-likeness (QED) is 0.812. The van der Waals surface area contributed by atoms with Crippen LogP contribution in [-0.2, 0) is 12.6 Å². The van der Waals surface area contributed by atoms with Gasteiger partial charge in [0.05, 0.1) is 11.3 Å². The maximum absolute atomic E-state index is 12.6. The molecule has 0 saturated carbocycles. The number of alkyl halides is 4. The van der Waals surface area contributed by atoms with Crippen molar-refractivity contribution in [2.24, 2.45) is 0 Å². The Morgan fingerprint density at radius 1 is 1.30 bits per heavy atom. The topological polar surface area (TPSA) is 51.0 Å². The van der Waals surface area contributed by atoms with E-state index in [2.05, 4.69) is 31.4 Å². The fraction of sp³-hybridized carbons (Fsp3) is 0.273. The Balaban J connectivity index is 2.23. The van der Waals surface area contributed by atoms with E-state index >= 15 is 0 Å². The summed E-state index contributed by atoms with van der Waals surface area (Å²) >= 11 is 8.67. The van der Waals surface area contributed by atoms with Crippen molar-refractivity contribution in [3.63, 3.8) is 0 Å². The highest BCUT2D eigenvalue weighted by atomic mass is 79.9. The van der Waals surface area contributed by atoms with Gasteiger partial charge in [-0.1, -0.05) is 5.10 Å². The van der Waals surface area contributed by atoms with Gasteiger partial charge in [0, 0.05) is 16.8 Å². The summed E-state index contributed by atoms with van der Waals surface area (Å²) in [6, 6.07) is 3.23. The summed E-state index contributed by atoms with van der Waals surface area (Å²) in [7, 11) is 0. The first-order valence-electron chi connectivity index (χ1n) is 5.42. The molecule has 0 amide bonds. The lowest BCUT2D eigenvalue weighted by molar-refractivity contribution is -0.137. The number of hydrogen-bond donors (Lipinski definition) is 1. The van der Waals surface area contributed by atoms with E-state index in [1.165, 1.54) is 6.07 Å². The van der Waals surface area contributed by atoms with Crippen LogP contribution >= 0.6 is 27.5 Å². The Labute approximate surface area is 125 Å². The largest absolute Gasteiger partial charge is 0.416 e. The average molecular weight is 371 g/mol. The molecule has 0 aliphatic heterocycles. The molecule has 9 heteroatoms. The molecule has 0 radical (unpaired) electrons. The second-order valence-corrected chi connectivity index (χ2v) is 4.99. The molecule has 0 unspecified atom stereocenters. The molecule has 0 aliphatic carbocycles. The number of aryl methyl sites for hydroxylation is 1. The van der Waals surface area contributed by atoms with E-state index in [0.29, 0.717) is 22.7 Å². The summed E-state index contributed by atoms with van der Waals surface area (Å²) in [5, 5.41) is 10.0. The van der Waals surface area contributed by atoms with Crippen molar-refractivity contribution in [3.05, 3.63) is 34.1 Å². The number of nitrogens with zero attached hydrogens (tertiary/aromatic N) is 2. The van der Waals surface area contributed by atoms with Crippen molar-refractivity contribution in [1.82, 2.24) is 10.2 Å². The summed E-state index contributed by atoms with van der Waals surface area (Å²) in [5.74, 6) is 0.625. The first kappa shape index (κ1) is 15.1. The number of nitrogens with one attached hydrogen (secondary N) is 1. The van der Waals surface area contributed by atoms with Gasteiger partial charge >= 0.3 is 12.2 Å². The highest BCUT2D eigenvalue weighted by molar-refractivity contribution is 9.10. The molecule has 0 aliphatic rings. The second kappa shape index (κ2) is 6.01. The fourth-order valence-corrected chi connectivity index (χ4v) is 1.91. The third kappa shape index (κ3) is 3.63. The zero-order valence-electron chi connectivity index (χ0n) is 9.84. The van der Waals surface area contributed by atoms with Crippen molar-refractivity contribution in [2.75, 3.05) is 11.2 Å². The molecule has 4 nitrogen and oxygen atoms in total. The number of aromatic nitrogens is 2. The molecule has 20 heavy (non-hydrogen) atoms. The van der Waals surface area contributed by atoms with Gasteiger partial charge in [0.25, 0.3) is 0 Å². The molecule has 1 aromatic carbocycles. The first-order chi connectivity index (χ1) is 9.40. The smallest absolute Gasteiger partial charge is 0.408 e. The molecule has 0 saturated heterocycles. The Morgan fingerprint density at radius 2 is 2.05 bits per heavy atom. The summed E-state index contributed by atoms with van der Waals surface area (Å²) in [5.41, 5.74) is -0.593. The molecule has 0 atom stereocenters. The molecular weight excluding hydrogens is 362 g/mol. The van der Waals surface area contributed by atoms with Crippen LogP contribution in [-0.4, -0.2) is 16.1 Å². The van der Waals surface area contributed by atoms with Gasteiger partial charge in [-0.25, -0.2) is 0 Å². The lowest BCUT2D eigenvalue weighted by atomic mass is 10.2. The zero-order chi connectivity index (χ0) is 14.8. The number of halogens is 5. The Bertz CT molecular complexity index is 603. The highest BCUT2D eigenvalue weighted by Gasteiger charge is 2.31. The Hall–Kier alpha value is -1.28. The average Bonchev–Trinajstić information content (AvgIpc) is 2.78. The van der Waals surface area contributed by atoms with E-state index in [-0.39, 0.29) is 11.7 Å². The highest BCUT2D eigenvalue weighted by Crippen LogP contribution is 2.34. The van der Waals surface area contributed by atoms with Crippen molar-refractivity contribution in [1.29, 1.82) is 0 Å². The summed E-state index contributed by atoms with van der Waals surface area (Å²) in [6.45, 7) is 0. The number of benzene rings is 1. The lowest BCUT2D eigenvalue weighted by Gasteiger charge is -2.10. The van der Waals surface area contributed by atoms with Crippen LogP contribution in [0.5, 0.6) is 0 Å². The van der Waals surface area contributed by atoms with Crippen LogP contribution in [0.1, 0.15) is 11.5 Å². The van der Waals surface area contributed by atoms with Gasteiger partial charge < -0.3 is 9.73 Å². The number of anilines is 2. The maximum Gasteiger partial charge on any atom is 0.416 e. The third-order valence-corrected chi connectivity index (χ3v) is 3.19. The predicted octanol–water partition coefficient (Wildman–Crippen LogP) is 4.38. The Kier molecular flexibility index (Phi) is 4.54. The molecule has 1 aromatic heterocycles. The third-order valence-electron chi connectivity index (χ3n) is 2.31. The van der Waals surface area contributed by atoms with Gasteiger partial charge in [-0.15, -0.1) is 16.7 Å². The molecule has 1 N–H and O–H groups in total. The van der Waals surface area contributed by atoms with Gasteiger partial charge in [-0.3, -0.25) is 0 Å². The van der Waals surface area contributed by atoms with Gasteiger partial charge in [0.2, 0.25) is 5.89 Å². The van der Waals surface area contributed by atoms with Gasteiger partial charge in [-0.2, -0.15) is 13.2 Å². The molecule has 2 rings (SSSR count). The van der Waals surface area contributed by atoms with Crippen LogP contribution in [0.3, 0.4) is 0 Å². The van der Waals surface area contributed by atoms with E-state index < -0.39 is 11.7 Å². The van der Waals surface area contributed by atoms with E-state index in [1.54, 1.807) is 0 Å². The van der Waals surface area contributed by atoms with Crippen molar-refractivity contribution < 1.29 is 17.6 Å². The van der Waals surface area contributed by atoms with Crippen molar-refractivity contribution in [2.45, 2.75) is 12.6 Å².